The molecule has 2 amide bonds. The van der Waals surface area contributed by atoms with E-state index in [0.717, 1.165) is 41.2 Å². The predicted molar refractivity (Wildman–Crippen MR) is 121 cm³/mol. The number of likely N-dealkylation sites (N-methyl/N-ethyl adjacent to an activating group) is 1. The predicted octanol–water partition coefficient (Wildman–Crippen LogP) is 4.02. The number of rotatable bonds is 5. The molecule has 1 aliphatic heterocycles. The Bertz CT molecular complexity index is 1160. The Hall–Kier alpha value is -2.53. The zero-order chi connectivity index (χ0) is 20.7. The summed E-state index contributed by atoms with van der Waals surface area (Å²) in [6.45, 7) is 4.59. The van der Waals surface area contributed by atoms with Crippen LogP contribution in [0.2, 0.25) is 0 Å². The number of non-ortho nitro benzene ring substituents is 1. The van der Waals surface area contributed by atoms with Gasteiger partial charge < -0.3 is 11.1 Å². The molecule has 0 spiro atoms. The molecule has 0 saturated heterocycles. The number of halogens is 1. The highest BCUT2D eigenvalue weighted by Gasteiger charge is 2.27. The lowest BCUT2D eigenvalue weighted by atomic mass is 10.0. The van der Waals surface area contributed by atoms with Gasteiger partial charge in [-0.3, -0.25) is 24.6 Å². The van der Waals surface area contributed by atoms with E-state index in [1.807, 2.05) is 0 Å². The number of carbonyl (C=O) groups is 2. The standard InChI is InChI=1S/C19H18N4O4S2.ClH/c1-2-22-6-5-12-15(9-22)29-19(16(12)17(20)24)21-18(25)14-8-10-7-11(23(26)27)3-4-13(10)28-14;/h3-4,7-8H,2,5-6,9H2,1H3,(H2,20,24)(H,21,25);1H. The first-order valence-electron chi connectivity index (χ1n) is 9.03. The van der Waals surface area contributed by atoms with Crippen LogP contribution in [0, 0.1) is 10.1 Å². The van der Waals surface area contributed by atoms with Crippen molar-refractivity contribution in [1.82, 2.24) is 4.90 Å². The monoisotopic (exact) mass is 466 g/mol. The van der Waals surface area contributed by atoms with Gasteiger partial charge in [0.25, 0.3) is 17.5 Å². The van der Waals surface area contributed by atoms with Crippen LogP contribution in [-0.2, 0) is 13.0 Å². The third-order valence-corrected chi connectivity index (χ3v) is 7.24. The van der Waals surface area contributed by atoms with E-state index in [-0.39, 0.29) is 24.0 Å². The van der Waals surface area contributed by atoms with Gasteiger partial charge in [0, 0.05) is 40.2 Å². The first kappa shape index (κ1) is 22.2. The van der Waals surface area contributed by atoms with Gasteiger partial charge in [0.1, 0.15) is 5.00 Å². The van der Waals surface area contributed by atoms with E-state index in [0.29, 0.717) is 20.8 Å². The Balaban J connectivity index is 0.00000256. The van der Waals surface area contributed by atoms with E-state index in [1.54, 1.807) is 12.1 Å². The van der Waals surface area contributed by atoms with Gasteiger partial charge in [-0.15, -0.1) is 35.1 Å². The van der Waals surface area contributed by atoms with Gasteiger partial charge in [-0.05, 0) is 30.7 Å². The van der Waals surface area contributed by atoms with Crippen LogP contribution in [0.1, 0.15) is 37.4 Å². The molecule has 3 N–H and O–H groups in total. The van der Waals surface area contributed by atoms with Gasteiger partial charge in [-0.25, -0.2) is 0 Å². The summed E-state index contributed by atoms with van der Waals surface area (Å²) >= 11 is 2.63. The fraction of sp³-hybridized carbons (Fsp3) is 0.263. The van der Waals surface area contributed by atoms with Crippen LogP contribution in [0.3, 0.4) is 0 Å². The van der Waals surface area contributed by atoms with Crippen molar-refractivity contribution in [2.75, 3.05) is 18.4 Å². The number of nitrogens with two attached hydrogens (primary N) is 1. The number of nitro benzene ring substituents is 1. The number of primary amides is 1. The van der Waals surface area contributed by atoms with Crippen molar-refractivity contribution in [2.45, 2.75) is 19.9 Å². The number of thiophene rings is 2. The van der Waals surface area contributed by atoms with E-state index < -0.39 is 10.8 Å². The van der Waals surface area contributed by atoms with E-state index in [2.05, 4.69) is 17.1 Å². The zero-order valence-corrected chi connectivity index (χ0v) is 18.4. The number of nitrogens with zero attached hydrogens (tertiary/aromatic N) is 2. The maximum absolute atomic E-state index is 12.8. The largest absolute Gasteiger partial charge is 0.365 e. The van der Waals surface area contributed by atoms with Crippen LogP contribution in [0.5, 0.6) is 0 Å². The number of hydrogen-bond acceptors (Lipinski definition) is 7. The first-order chi connectivity index (χ1) is 13.9. The zero-order valence-electron chi connectivity index (χ0n) is 16.0. The molecule has 0 atom stereocenters. The van der Waals surface area contributed by atoms with Crippen LogP contribution in [0.15, 0.2) is 24.3 Å². The number of nitro groups is 1. The van der Waals surface area contributed by atoms with E-state index in [1.165, 1.54) is 34.8 Å². The molecule has 8 nitrogen and oxygen atoms in total. The highest BCUT2D eigenvalue weighted by Crippen LogP contribution is 2.37. The van der Waals surface area contributed by atoms with Gasteiger partial charge in [-0.2, -0.15) is 0 Å². The molecule has 2 aromatic heterocycles. The third-order valence-electron chi connectivity index (χ3n) is 4.99. The highest BCUT2D eigenvalue weighted by molar-refractivity contribution is 7.21. The van der Waals surface area contributed by atoms with Crippen molar-refractivity contribution >= 4 is 67.7 Å². The summed E-state index contributed by atoms with van der Waals surface area (Å²) in [5.74, 6) is -0.906. The third kappa shape index (κ3) is 4.04. The number of carbonyl (C=O) groups excluding carboxylic acids is 2. The van der Waals surface area contributed by atoms with Crippen LogP contribution in [0.25, 0.3) is 10.1 Å². The Labute approximate surface area is 186 Å². The van der Waals surface area contributed by atoms with Crippen LogP contribution >= 0.6 is 35.1 Å². The molecule has 3 heterocycles. The summed E-state index contributed by atoms with van der Waals surface area (Å²) in [7, 11) is 0. The fourth-order valence-corrected chi connectivity index (χ4v) is 5.72. The van der Waals surface area contributed by atoms with Crippen molar-refractivity contribution in [3.63, 3.8) is 0 Å². The summed E-state index contributed by atoms with van der Waals surface area (Å²) in [6, 6.07) is 6.12. The minimum atomic E-state index is -0.547. The van der Waals surface area contributed by atoms with Crippen molar-refractivity contribution in [3.8, 4) is 0 Å². The van der Waals surface area contributed by atoms with Gasteiger partial charge in [0.15, 0.2) is 0 Å². The van der Waals surface area contributed by atoms with Crippen LogP contribution in [-0.4, -0.2) is 34.7 Å². The molecule has 0 bridgehead atoms. The SMILES string of the molecule is CCN1CCc2c(sc(NC(=O)c3cc4cc([N+](=O)[O-])ccc4s3)c2C(N)=O)C1.Cl. The van der Waals surface area contributed by atoms with Gasteiger partial charge in [0.05, 0.1) is 15.4 Å². The van der Waals surface area contributed by atoms with E-state index in [4.69, 9.17) is 5.73 Å². The minimum absolute atomic E-state index is 0. The summed E-state index contributed by atoms with van der Waals surface area (Å²) in [4.78, 5) is 39.1. The molecule has 3 aromatic rings. The molecule has 0 aliphatic carbocycles. The smallest absolute Gasteiger partial charge is 0.270 e. The van der Waals surface area contributed by atoms with Crippen molar-refractivity contribution in [1.29, 1.82) is 0 Å². The molecule has 11 heteroatoms. The second kappa shape index (κ2) is 8.68. The molecular formula is C19H19ClN4O4S2. The fourth-order valence-electron chi connectivity index (χ4n) is 3.50. The molecular weight excluding hydrogens is 448 g/mol. The quantitative estimate of drug-likeness (QED) is 0.434. The summed E-state index contributed by atoms with van der Waals surface area (Å²) in [5, 5.41) is 14.9. The Morgan fingerprint density at radius 1 is 1.30 bits per heavy atom. The van der Waals surface area contributed by atoms with Crippen LogP contribution in [0.4, 0.5) is 10.7 Å². The molecule has 1 aromatic carbocycles. The average Bonchev–Trinajstić information content (AvgIpc) is 3.27. The lowest BCUT2D eigenvalue weighted by Gasteiger charge is -2.25. The van der Waals surface area contributed by atoms with Crippen LogP contribution < -0.4 is 11.1 Å². The topological polar surface area (TPSA) is 119 Å². The normalized spacial score (nSPS) is 13.5. The minimum Gasteiger partial charge on any atom is -0.365 e. The summed E-state index contributed by atoms with van der Waals surface area (Å²) in [6.07, 6.45) is 0.723. The first-order valence-corrected chi connectivity index (χ1v) is 10.7. The molecule has 4 rings (SSSR count). The maximum atomic E-state index is 12.8. The van der Waals surface area contributed by atoms with Crippen molar-refractivity contribution in [2.24, 2.45) is 5.73 Å². The number of nitrogens with one attached hydrogen (secondary N) is 1. The summed E-state index contributed by atoms with van der Waals surface area (Å²) in [5.41, 5.74) is 6.91. The second-order valence-corrected chi connectivity index (χ2v) is 8.92. The number of fused-ring (bicyclic) bond motifs is 2. The molecule has 0 radical (unpaired) electrons. The molecule has 0 fully saturated rings. The Morgan fingerprint density at radius 3 is 2.73 bits per heavy atom. The molecule has 0 unspecified atom stereocenters. The Kier molecular flexibility index (Phi) is 6.41. The average molecular weight is 467 g/mol. The Morgan fingerprint density at radius 2 is 2.07 bits per heavy atom. The molecule has 1 aliphatic rings. The lowest BCUT2D eigenvalue weighted by Crippen LogP contribution is -2.30. The van der Waals surface area contributed by atoms with Crippen molar-refractivity contribution in [3.05, 3.63) is 55.3 Å². The second-order valence-electron chi connectivity index (χ2n) is 6.73. The molecule has 0 saturated carbocycles. The molecule has 158 valence electrons. The lowest BCUT2D eigenvalue weighted by molar-refractivity contribution is -0.384. The van der Waals surface area contributed by atoms with Gasteiger partial charge in [-0.1, -0.05) is 6.92 Å². The van der Waals surface area contributed by atoms with Crippen molar-refractivity contribution < 1.29 is 14.5 Å². The summed E-state index contributed by atoms with van der Waals surface area (Å²) < 4.78 is 0.778. The van der Waals surface area contributed by atoms with E-state index >= 15 is 0 Å². The number of hydrogen-bond donors (Lipinski definition) is 2. The highest BCUT2D eigenvalue weighted by atomic mass is 35.5. The van der Waals surface area contributed by atoms with Gasteiger partial charge in [0.2, 0.25) is 0 Å². The van der Waals surface area contributed by atoms with E-state index in [9.17, 15) is 19.7 Å². The molecule has 30 heavy (non-hydrogen) atoms. The maximum Gasteiger partial charge on any atom is 0.270 e. The number of anilines is 1. The number of amides is 2. The van der Waals surface area contributed by atoms with Gasteiger partial charge >= 0.3 is 0 Å². The number of benzene rings is 1.